The molecule has 1 aliphatic carbocycles. The van der Waals surface area contributed by atoms with Crippen molar-refractivity contribution < 1.29 is 0 Å². The molecule has 0 aromatic carbocycles. The summed E-state index contributed by atoms with van der Waals surface area (Å²) in [7, 11) is 0. The van der Waals surface area contributed by atoms with E-state index in [9.17, 15) is 0 Å². The molecule has 2 nitrogen and oxygen atoms in total. The molecule has 0 aromatic heterocycles. The minimum absolute atomic E-state index is 0.523. The maximum absolute atomic E-state index is 3.69. The van der Waals surface area contributed by atoms with E-state index in [1.807, 2.05) is 12.2 Å². The summed E-state index contributed by atoms with van der Waals surface area (Å²) in [5.41, 5.74) is 0. The normalized spacial score (nSPS) is 26.0. The highest BCUT2D eigenvalue weighted by Gasteiger charge is 2.13. The summed E-state index contributed by atoms with van der Waals surface area (Å²) in [6.07, 6.45) is 10.7. The van der Waals surface area contributed by atoms with Gasteiger partial charge in [0, 0.05) is 25.2 Å². The van der Waals surface area contributed by atoms with Gasteiger partial charge in [-0.2, -0.15) is 0 Å². The molecule has 0 fully saturated rings. The molecule has 2 N–H and O–H groups in total. The van der Waals surface area contributed by atoms with Crippen molar-refractivity contribution >= 4 is 0 Å². The number of hydrogen-bond donors (Lipinski definition) is 2. The Kier molecular flexibility index (Phi) is 5.27. The standard InChI is InChI=1S/C12H20N2/c1-3-9-13-11-5-7-12(8-6-11)14-10-4-2/h3-5,7,11-14H,1-2,6,8-10H2. The number of rotatable bonds is 6. The van der Waals surface area contributed by atoms with Crippen molar-refractivity contribution in [1.82, 2.24) is 10.6 Å². The van der Waals surface area contributed by atoms with Crippen molar-refractivity contribution in [2.75, 3.05) is 13.1 Å². The molecule has 0 saturated heterocycles. The van der Waals surface area contributed by atoms with E-state index in [1.165, 1.54) is 12.8 Å². The summed E-state index contributed by atoms with van der Waals surface area (Å²) in [4.78, 5) is 0. The third-order valence-electron chi connectivity index (χ3n) is 2.41. The van der Waals surface area contributed by atoms with Gasteiger partial charge in [-0.25, -0.2) is 0 Å². The Morgan fingerprint density at radius 1 is 1.00 bits per heavy atom. The highest BCUT2D eigenvalue weighted by Crippen LogP contribution is 2.11. The van der Waals surface area contributed by atoms with Crippen LogP contribution >= 0.6 is 0 Å². The van der Waals surface area contributed by atoms with E-state index in [0.717, 1.165) is 13.1 Å². The average molecular weight is 192 g/mol. The summed E-state index contributed by atoms with van der Waals surface area (Å²) in [6, 6.07) is 1.05. The topological polar surface area (TPSA) is 24.1 Å². The van der Waals surface area contributed by atoms with Crippen LogP contribution in [0.2, 0.25) is 0 Å². The van der Waals surface area contributed by atoms with Gasteiger partial charge in [0.25, 0.3) is 0 Å². The minimum atomic E-state index is 0.523. The molecule has 0 aliphatic heterocycles. The molecule has 2 heteroatoms. The minimum Gasteiger partial charge on any atom is -0.307 e. The molecule has 1 aliphatic rings. The van der Waals surface area contributed by atoms with Crippen molar-refractivity contribution in [2.24, 2.45) is 0 Å². The molecule has 0 heterocycles. The van der Waals surface area contributed by atoms with E-state index in [2.05, 4.69) is 35.9 Å². The zero-order chi connectivity index (χ0) is 10.2. The van der Waals surface area contributed by atoms with Crippen LogP contribution in [-0.2, 0) is 0 Å². The Morgan fingerprint density at radius 2 is 1.43 bits per heavy atom. The summed E-state index contributed by atoms with van der Waals surface area (Å²) in [5, 5.41) is 6.79. The maximum Gasteiger partial charge on any atom is 0.0254 e. The van der Waals surface area contributed by atoms with E-state index < -0.39 is 0 Å². The largest absolute Gasteiger partial charge is 0.307 e. The quantitative estimate of drug-likeness (QED) is 0.625. The molecule has 0 radical (unpaired) electrons. The van der Waals surface area contributed by atoms with Crippen LogP contribution in [0.3, 0.4) is 0 Å². The van der Waals surface area contributed by atoms with E-state index >= 15 is 0 Å². The molecule has 0 aromatic rings. The molecule has 1 rings (SSSR count). The Hall–Kier alpha value is -0.860. The van der Waals surface area contributed by atoms with Gasteiger partial charge >= 0.3 is 0 Å². The highest BCUT2D eigenvalue weighted by atomic mass is 14.9. The lowest BCUT2D eigenvalue weighted by atomic mass is 9.98. The third-order valence-corrected chi connectivity index (χ3v) is 2.41. The molecule has 0 amide bonds. The van der Waals surface area contributed by atoms with Crippen molar-refractivity contribution in [3.8, 4) is 0 Å². The maximum atomic E-state index is 3.69. The first kappa shape index (κ1) is 11.2. The Bertz CT molecular complexity index is 186. The number of nitrogens with one attached hydrogen (secondary N) is 2. The lowest BCUT2D eigenvalue weighted by Gasteiger charge is -2.23. The average Bonchev–Trinajstić information content (AvgIpc) is 2.25. The second kappa shape index (κ2) is 6.57. The fourth-order valence-electron chi connectivity index (χ4n) is 1.63. The summed E-state index contributed by atoms with van der Waals surface area (Å²) in [5.74, 6) is 0. The molecule has 2 atom stereocenters. The van der Waals surface area contributed by atoms with Gasteiger partial charge in [-0.3, -0.25) is 0 Å². The Morgan fingerprint density at radius 3 is 1.71 bits per heavy atom. The third kappa shape index (κ3) is 3.90. The van der Waals surface area contributed by atoms with Crippen LogP contribution in [-0.4, -0.2) is 25.2 Å². The molecule has 78 valence electrons. The first-order chi connectivity index (χ1) is 6.86. The second-order valence-corrected chi connectivity index (χ2v) is 3.57. The van der Waals surface area contributed by atoms with Gasteiger partial charge in [0.15, 0.2) is 0 Å². The molecule has 0 bridgehead atoms. The smallest absolute Gasteiger partial charge is 0.0254 e. The van der Waals surface area contributed by atoms with E-state index in [0.29, 0.717) is 12.1 Å². The molecule has 0 saturated carbocycles. The zero-order valence-electron chi connectivity index (χ0n) is 8.71. The predicted octanol–water partition coefficient (Wildman–Crippen LogP) is 1.62. The Balaban J connectivity index is 2.24. The first-order valence-electron chi connectivity index (χ1n) is 5.23. The first-order valence-corrected chi connectivity index (χ1v) is 5.23. The molecular formula is C12H20N2. The van der Waals surface area contributed by atoms with Crippen molar-refractivity contribution in [3.05, 3.63) is 37.5 Å². The summed E-state index contributed by atoms with van der Waals surface area (Å²) < 4.78 is 0. The van der Waals surface area contributed by atoms with E-state index in [1.54, 1.807) is 0 Å². The fraction of sp³-hybridized carbons (Fsp3) is 0.500. The molecule has 0 spiro atoms. The monoisotopic (exact) mass is 192 g/mol. The Labute approximate surface area is 86.8 Å². The van der Waals surface area contributed by atoms with Gasteiger partial charge < -0.3 is 10.6 Å². The van der Waals surface area contributed by atoms with E-state index in [4.69, 9.17) is 0 Å². The van der Waals surface area contributed by atoms with Gasteiger partial charge in [0.2, 0.25) is 0 Å². The van der Waals surface area contributed by atoms with Gasteiger partial charge in [0.05, 0.1) is 0 Å². The van der Waals surface area contributed by atoms with Crippen molar-refractivity contribution in [1.29, 1.82) is 0 Å². The lowest BCUT2D eigenvalue weighted by molar-refractivity contribution is 0.478. The van der Waals surface area contributed by atoms with Gasteiger partial charge in [-0.1, -0.05) is 24.3 Å². The predicted molar refractivity (Wildman–Crippen MR) is 62.3 cm³/mol. The fourth-order valence-corrected chi connectivity index (χ4v) is 1.63. The van der Waals surface area contributed by atoms with Gasteiger partial charge in [-0.15, -0.1) is 13.2 Å². The van der Waals surface area contributed by atoms with Crippen LogP contribution < -0.4 is 10.6 Å². The zero-order valence-corrected chi connectivity index (χ0v) is 8.71. The van der Waals surface area contributed by atoms with Crippen LogP contribution in [0.5, 0.6) is 0 Å². The van der Waals surface area contributed by atoms with Crippen LogP contribution in [0.4, 0.5) is 0 Å². The van der Waals surface area contributed by atoms with E-state index in [-0.39, 0.29) is 0 Å². The molecular weight excluding hydrogens is 172 g/mol. The second-order valence-electron chi connectivity index (χ2n) is 3.57. The highest BCUT2D eigenvalue weighted by molar-refractivity contribution is 5.05. The summed E-state index contributed by atoms with van der Waals surface area (Å²) in [6.45, 7) is 9.16. The molecule has 2 unspecified atom stereocenters. The van der Waals surface area contributed by atoms with Crippen LogP contribution in [0, 0.1) is 0 Å². The lowest BCUT2D eigenvalue weighted by Crippen LogP contribution is -2.36. The van der Waals surface area contributed by atoms with Crippen LogP contribution in [0.1, 0.15) is 12.8 Å². The van der Waals surface area contributed by atoms with Crippen LogP contribution in [0.25, 0.3) is 0 Å². The number of hydrogen-bond acceptors (Lipinski definition) is 2. The van der Waals surface area contributed by atoms with Gasteiger partial charge in [-0.05, 0) is 12.8 Å². The summed E-state index contributed by atoms with van der Waals surface area (Å²) >= 11 is 0. The molecule has 14 heavy (non-hydrogen) atoms. The van der Waals surface area contributed by atoms with Crippen LogP contribution in [0.15, 0.2) is 37.5 Å². The van der Waals surface area contributed by atoms with Crippen molar-refractivity contribution in [3.63, 3.8) is 0 Å². The van der Waals surface area contributed by atoms with Crippen molar-refractivity contribution in [2.45, 2.75) is 24.9 Å². The SMILES string of the molecule is C=CCNC1C=CC(NCC=C)CC1. The van der Waals surface area contributed by atoms with Gasteiger partial charge in [0.1, 0.15) is 0 Å².